The summed E-state index contributed by atoms with van der Waals surface area (Å²) in [6.45, 7) is 2.29. The average Bonchev–Trinajstić information content (AvgIpc) is 2.52. The van der Waals surface area contributed by atoms with Crippen molar-refractivity contribution in [3.63, 3.8) is 0 Å². The van der Waals surface area contributed by atoms with Gasteiger partial charge in [-0.05, 0) is 36.6 Å². The quantitative estimate of drug-likeness (QED) is 0.938. The molecule has 1 aromatic carbocycles. The van der Waals surface area contributed by atoms with Crippen LogP contribution in [0.1, 0.15) is 18.4 Å². The number of nitrogens with one attached hydrogen (secondary N) is 1. The molecule has 21 heavy (non-hydrogen) atoms. The van der Waals surface area contributed by atoms with Crippen LogP contribution in [0.25, 0.3) is 0 Å². The molecule has 1 aliphatic heterocycles. The Labute approximate surface area is 124 Å². The summed E-state index contributed by atoms with van der Waals surface area (Å²) >= 11 is 0. The van der Waals surface area contributed by atoms with Gasteiger partial charge in [0.2, 0.25) is 0 Å². The minimum absolute atomic E-state index is 0.0295. The van der Waals surface area contributed by atoms with E-state index in [1.165, 1.54) is 0 Å². The molecular weight excluding hydrogens is 264 g/mol. The van der Waals surface area contributed by atoms with E-state index in [0.29, 0.717) is 12.6 Å². The third kappa shape index (κ3) is 3.73. The summed E-state index contributed by atoms with van der Waals surface area (Å²) in [5.41, 5.74) is 2.29. The standard InChI is InChI=1S/C17H20N2O2/c20-17-3-1-2-10-19(17)13-14-4-6-15(7-5-14)18-16-8-11-21-12-9-16/h1-7,10,16,18H,8-9,11-13H2. The van der Waals surface area contributed by atoms with Gasteiger partial charge in [0.1, 0.15) is 0 Å². The molecule has 0 amide bonds. The third-order valence-electron chi connectivity index (χ3n) is 3.80. The first kappa shape index (κ1) is 13.9. The monoisotopic (exact) mass is 284 g/mol. The van der Waals surface area contributed by atoms with Crippen molar-refractivity contribution in [2.75, 3.05) is 18.5 Å². The van der Waals surface area contributed by atoms with Crippen molar-refractivity contribution >= 4 is 5.69 Å². The molecule has 0 saturated carbocycles. The van der Waals surface area contributed by atoms with Gasteiger partial charge in [-0.15, -0.1) is 0 Å². The van der Waals surface area contributed by atoms with E-state index < -0.39 is 0 Å². The molecule has 0 radical (unpaired) electrons. The highest BCUT2D eigenvalue weighted by Gasteiger charge is 2.12. The van der Waals surface area contributed by atoms with Crippen LogP contribution in [0.3, 0.4) is 0 Å². The highest BCUT2D eigenvalue weighted by atomic mass is 16.5. The van der Waals surface area contributed by atoms with Gasteiger partial charge < -0.3 is 14.6 Å². The lowest BCUT2D eigenvalue weighted by Gasteiger charge is -2.24. The van der Waals surface area contributed by atoms with Crippen LogP contribution >= 0.6 is 0 Å². The number of ether oxygens (including phenoxy) is 1. The van der Waals surface area contributed by atoms with Gasteiger partial charge in [0.15, 0.2) is 0 Å². The van der Waals surface area contributed by atoms with Gasteiger partial charge in [0, 0.05) is 37.2 Å². The Balaban J connectivity index is 1.64. The number of pyridine rings is 1. The van der Waals surface area contributed by atoms with Crippen LogP contribution in [0, 0.1) is 0 Å². The molecule has 2 heterocycles. The molecule has 1 aliphatic rings. The molecule has 2 aromatic rings. The van der Waals surface area contributed by atoms with Crippen LogP contribution in [0.4, 0.5) is 5.69 Å². The Morgan fingerprint density at radius 1 is 1.10 bits per heavy atom. The highest BCUT2D eigenvalue weighted by molar-refractivity contribution is 5.45. The van der Waals surface area contributed by atoms with Gasteiger partial charge in [-0.3, -0.25) is 4.79 Å². The van der Waals surface area contributed by atoms with Gasteiger partial charge in [-0.1, -0.05) is 18.2 Å². The summed E-state index contributed by atoms with van der Waals surface area (Å²) in [6.07, 6.45) is 3.93. The summed E-state index contributed by atoms with van der Waals surface area (Å²) in [5, 5.41) is 3.53. The van der Waals surface area contributed by atoms with E-state index in [9.17, 15) is 4.79 Å². The van der Waals surface area contributed by atoms with Crippen molar-refractivity contribution in [2.45, 2.75) is 25.4 Å². The predicted molar refractivity (Wildman–Crippen MR) is 83.7 cm³/mol. The van der Waals surface area contributed by atoms with Crippen molar-refractivity contribution in [1.29, 1.82) is 0 Å². The van der Waals surface area contributed by atoms with E-state index in [4.69, 9.17) is 4.74 Å². The maximum atomic E-state index is 11.7. The van der Waals surface area contributed by atoms with E-state index in [-0.39, 0.29) is 5.56 Å². The molecule has 0 unspecified atom stereocenters. The van der Waals surface area contributed by atoms with E-state index in [0.717, 1.165) is 37.3 Å². The van der Waals surface area contributed by atoms with Crippen molar-refractivity contribution in [2.24, 2.45) is 0 Å². The van der Waals surface area contributed by atoms with Gasteiger partial charge in [-0.25, -0.2) is 0 Å². The Hall–Kier alpha value is -2.07. The van der Waals surface area contributed by atoms with Crippen LogP contribution in [-0.2, 0) is 11.3 Å². The van der Waals surface area contributed by atoms with Gasteiger partial charge in [0.05, 0.1) is 6.54 Å². The lowest BCUT2D eigenvalue weighted by atomic mass is 10.1. The molecule has 0 bridgehead atoms. The minimum Gasteiger partial charge on any atom is -0.382 e. The zero-order valence-electron chi connectivity index (χ0n) is 12.0. The number of rotatable bonds is 4. The zero-order valence-corrected chi connectivity index (χ0v) is 12.0. The fourth-order valence-electron chi connectivity index (χ4n) is 2.57. The number of hydrogen-bond acceptors (Lipinski definition) is 3. The van der Waals surface area contributed by atoms with E-state index in [2.05, 4.69) is 29.6 Å². The van der Waals surface area contributed by atoms with Gasteiger partial charge in [0.25, 0.3) is 5.56 Å². The summed E-state index contributed by atoms with van der Waals surface area (Å²) in [6, 6.07) is 14.0. The lowest BCUT2D eigenvalue weighted by molar-refractivity contribution is 0.0904. The number of nitrogens with zero attached hydrogens (tertiary/aromatic N) is 1. The Kier molecular flexibility index (Phi) is 4.36. The fourth-order valence-corrected chi connectivity index (χ4v) is 2.57. The van der Waals surface area contributed by atoms with E-state index in [1.807, 2.05) is 12.3 Å². The van der Waals surface area contributed by atoms with Crippen LogP contribution in [0.2, 0.25) is 0 Å². The smallest absolute Gasteiger partial charge is 0.250 e. The molecule has 1 aromatic heterocycles. The minimum atomic E-state index is 0.0295. The number of aromatic nitrogens is 1. The molecule has 0 atom stereocenters. The van der Waals surface area contributed by atoms with Crippen molar-refractivity contribution < 1.29 is 4.74 Å². The van der Waals surface area contributed by atoms with Crippen LogP contribution in [0.5, 0.6) is 0 Å². The molecule has 3 rings (SSSR count). The highest BCUT2D eigenvalue weighted by Crippen LogP contribution is 2.16. The van der Waals surface area contributed by atoms with E-state index in [1.54, 1.807) is 16.7 Å². The molecule has 0 spiro atoms. The first-order chi connectivity index (χ1) is 10.3. The second-order valence-corrected chi connectivity index (χ2v) is 5.39. The molecule has 4 heteroatoms. The zero-order chi connectivity index (χ0) is 14.5. The van der Waals surface area contributed by atoms with Gasteiger partial charge >= 0.3 is 0 Å². The van der Waals surface area contributed by atoms with E-state index >= 15 is 0 Å². The molecular formula is C17H20N2O2. The predicted octanol–water partition coefficient (Wildman–Crippen LogP) is 2.49. The second-order valence-electron chi connectivity index (χ2n) is 5.39. The van der Waals surface area contributed by atoms with Crippen molar-refractivity contribution in [3.05, 3.63) is 64.6 Å². The second kappa shape index (κ2) is 6.59. The summed E-state index contributed by atoms with van der Waals surface area (Å²) in [7, 11) is 0. The van der Waals surface area contributed by atoms with Crippen molar-refractivity contribution in [3.8, 4) is 0 Å². The first-order valence-electron chi connectivity index (χ1n) is 7.40. The number of hydrogen-bond donors (Lipinski definition) is 1. The molecule has 0 aliphatic carbocycles. The number of anilines is 1. The van der Waals surface area contributed by atoms with Crippen LogP contribution in [-0.4, -0.2) is 23.8 Å². The molecule has 4 nitrogen and oxygen atoms in total. The normalized spacial score (nSPS) is 15.8. The van der Waals surface area contributed by atoms with Gasteiger partial charge in [-0.2, -0.15) is 0 Å². The first-order valence-corrected chi connectivity index (χ1v) is 7.40. The molecule has 1 saturated heterocycles. The fraction of sp³-hybridized carbons (Fsp3) is 0.353. The largest absolute Gasteiger partial charge is 0.382 e. The third-order valence-corrected chi connectivity index (χ3v) is 3.80. The molecule has 1 N–H and O–H groups in total. The summed E-state index contributed by atoms with van der Waals surface area (Å²) < 4.78 is 7.07. The molecule has 110 valence electrons. The topological polar surface area (TPSA) is 43.3 Å². The summed E-state index contributed by atoms with van der Waals surface area (Å²) in [5.74, 6) is 0. The SMILES string of the molecule is O=c1ccccn1Cc1ccc(NC2CCOCC2)cc1. The Morgan fingerprint density at radius 3 is 2.57 bits per heavy atom. The Bertz CT molecular complexity index is 628. The summed E-state index contributed by atoms with van der Waals surface area (Å²) in [4.78, 5) is 11.7. The van der Waals surface area contributed by atoms with Crippen LogP contribution < -0.4 is 10.9 Å². The maximum Gasteiger partial charge on any atom is 0.250 e. The lowest BCUT2D eigenvalue weighted by Crippen LogP contribution is -2.27. The Morgan fingerprint density at radius 2 is 1.86 bits per heavy atom. The van der Waals surface area contributed by atoms with Crippen molar-refractivity contribution in [1.82, 2.24) is 4.57 Å². The maximum absolute atomic E-state index is 11.7. The number of benzene rings is 1. The average molecular weight is 284 g/mol. The molecule has 1 fully saturated rings. The van der Waals surface area contributed by atoms with Crippen LogP contribution in [0.15, 0.2) is 53.5 Å².